The fourth-order valence-electron chi connectivity index (χ4n) is 2.47. The first-order valence-corrected chi connectivity index (χ1v) is 7.36. The second-order valence-electron chi connectivity index (χ2n) is 4.93. The Balaban J connectivity index is 2.29. The van der Waals surface area contributed by atoms with Gasteiger partial charge in [0.2, 0.25) is 0 Å². The molecule has 2 rings (SSSR count). The molecular weight excluding hydrogens is 274 g/mol. The molecule has 1 atom stereocenters. The second-order valence-corrected chi connectivity index (χ2v) is 5.31. The molecule has 0 aliphatic heterocycles. The summed E-state index contributed by atoms with van der Waals surface area (Å²) < 4.78 is 3.93. The van der Waals surface area contributed by atoms with E-state index in [1.807, 2.05) is 35.9 Å². The van der Waals surface area contributed by atoms with Crippen molar-refractivity contribution in [2.45, 2.75) is 32.7 Å². The van der Waals surface area contributed by atoms with Crippen LogP contribution in [0.1, 0.15) is 37.0 Å². The third-order valence-electron chi connectivity index (χ3n) is 3.56. The van der Waals surface area contributed by atoms with Crippen molar-refractivity contribution in [3.63, 3.8) is 0 Å². The molecule has 0 aliphatic carbocycles. The van der Waals surface area contributed by atoms with E-state index in [0.29, 0.717) is 0 Å². The summed E-state index contributed by atoms with van der Waals surface area (Å²) in [5, 5.41) is 8.77. The van der Waals surface area contributed by atoms with E-state index in [2.05, 4.69) is 29.2 Å². The highest BCUT2D eigenvalue weighted by Gasteiger charge is 2.20. The van der Waals surface area contributed by atoms with Crippen molar-refractivity contribution in [2.24, 2.45) is 14.1 Å². The highest BCUT2D eigenvalue weighted by Crippen LogP contribution is 2.26. The van der Waals surface area contributed by atoms with Gasteiger partial charge in [-0.15, -0.1) is 0 Å². The Morgan fingerprint density at radius 1 is 1.35 bits per heavy atom. The van der Waals surface area contributed by atoms with E-state index >= 15 is 0 Å². The number of rotatable bonds is 6. The van der Waals surface area contributed by atoms with Gasteiger partial charge in [-0.05, 0) is 13.0 Å². The molecule has 6 heteroatoms. The molecule has 20 heavy (non-hydrogen) atoms. The second kappa shape index (κ2) is 6.41. The lowest BCUT2D eigenvalue weighted by molar-refractivity contribution is 0.504. The van der Waals surface area contributed by atoms with Crippen molar-refractivity contribution < 1.29 is 0 Å². The van der Waals surface area contributed by atoms with Crippen LogP contribution in [-0.2, 0) is 26.9 Å². The number of likely N-dealkylation sites (N-methyl/N-ethyl adjacent to an activating group) is 1. The number of nitrogens with zero attached hydrogens (tertiary/aromatic N) is 4. The van der Waals surface area contributed by atoms with Gasteiger partial charge < -0.3 is 9.88 Å². The normalized spacial score (nSPS) is 12.8. The van der Waals surface area contributed by atoms with Crippen LogP contribution < -0.4 is 5.32 Å². The Kier molecular flexibility index (Phi) is 4.83. The largest absolute Gasteiger partial charge is 0.336 e. The van der Waals surface area contributed by atoms with Crippen molar-refractivity contribution in [1.82, 2.24) is 24.6 Å². The molecule has 110 valence electrons. The first-order chi connectivity index (χ1) is 9.58. The average Bonchev–Trinajstić information content (AvgIpc) is 2.96. The molecule has 0 amide bonds. The Labute approximate surface area is 125 Å². The number of nitrogens with one attached hydrogen (secondary N) is 1. The number of imidazole rings is 1. The third-order valence-corrected chi connectivity index (χ3v) is 4.00. The van der Waals surface area contributed by atoms with E-state index in [-0.39, 0.29) is 6.04 Å². The van der Waals surface area contributed by atoms with Gasteiger partial charge in [0.25, 0.3) is 0 Å². The monoisotopic (exact) mass is 295 g/mol. The molecule has 0 fully saturated rings. The Morgan fingerprint density at radius 3 is 2.60 bits per heavy atom. The lowest BCUT2D eigenvalue weighted by Crippen LogP contribution is -2.25. The van der Waals surface area contributed by atoms with Crippen molar-refractivity contribution in [3.8, 4) is 0 Å². The van der Waals surface area contributed by atoms with Gasteiger partial charge in [0.1, 0.15) is 0 Å². The van der Waals surface area contributed by atoms with E-state index in [1.54, 1.807) is 0 Å². The Morgan fingerprint density at radius 2 is 2.10 bits per heavy atom. The maximum atomic E-state index is 6.44. The van der Waals surface area contributed by atoms with Crippen LogP contribution in [0.25, 0.3) is 0 Å². The fraction of sp³-hybridized carbons (Fsp3) is 0.571. The zero-order chi connectivity index (χ0) is 14.7. The summed E-state index contributed by atoms with van der Waals surface area (Å²) in [5.41, 5.74) is 3.18. The number of aromatic nitrogens is 4. The van der Waals surface area contributed by atoms with Crippen molar-refractivity contribution in [3.05, 3.63) is 34.6 Å². The number of aryl methyl sites for hydroxylation is 3. The van der Waals surface area contributed by atoms with E-state index in [4.69, 9.17) is 11.6 Å². The predicted octanol–water partition coefficient (Wildman–Crippen LogP) is 2.26. The number of hydrogen-bond acceptors (Lipinski definition) is 3. The van der Waals surface area contributed by atoms with Gasteiger partial charge in [0.05, 0.1) is 34.5 Å². The van der Waals surface area contributed by atoms with Crippen LogP contribution in [0.4, 0.5) is 0 Å². The van der Waals surface area contributed by atoms with Crippen LogP contribution in [0.2, 0.25) is 5.02 Å². The third kappa shape index (κ3) is 2.88. The van der Waals surface area contributed by atoms with Crippen molar-refractivity contribution >= 4 is 11.6 Å². The topological polar surface area (TPSA) is 47.7 Å². The number of halogens is 1. The lowest BCUT2D eigenvalue weighted by Gasteiger charge is -2.18. The van der Waals surface area contributed by atoms with Gasteiger partial charge in [0.15, 0.2) is 0 Å². The highest BCUT2D eigenvalue weighted by atomic mass is 35.5. The summed E-state index contributed by atoms with van der Waals surface area (Å²) in [4.78, 5) is 4.20. The highest BCUT2D eigenvalue weighted by molar-refractivity contribution is 6.31. The van der Waals surface area contributed by atoms with Crippen molar-refractivity contribution in [2.75, 3.05) is 6.54 Å². The standard InChI is InChI=1S/C14H22ClN5/c1-5-10-14(15)12(20(4)18-10)7-11(17-6-2)13-8-16-9-19(13)3/h8-9,11,17H,5-7H2,1-4H3. The van der Waals surface area contributed by atoms with Crippen molar-refractivity contribution in [1.29, 1.82) is 0 Å². The molecule has 0 aliphatic rings. The smallest absolute Gasteiger partial charge is 0.0946 e. The predicted molar refractivity (Wildman–Crippen MR) is 80.9 cm³/mol. The molecule has 2 heterocycles. The summed E-state index contributed by atoms with van der Waals surface area (Å²) in [7, 11) is 3.96. The van der Waals surface area contributed by atoms with Crippen LogP contribution in [0.5, 0.6) is 0 Å². The van der Waals surface area contributed by atoms with Crippen LogP contribution in [0.3, 0.4) is 0 Å². The zero-order valence-electron chi connectivity index (χ0n) is 12.5. The van der Waals surface area contributed by atoms with Gasteiger partial charge >= 0.3 is 0 Å². The van der Waals surface area contributed by atoms with Gasteiger partial charge in [-0.3, -0.25) is 4.68 Å². The molecule has 0 saturated heterocycles. The molecule has 5 nitrogen and oxygen atoms in total. The van der Waals surface area contributed by atoms with Gasteiger partial charge in [-0.1, -0.05) is 25.4 Å². The van der Waals surface area contributed by atoms with Crippen LogP contribution >= 0.6 is 11.6 Å². The average molecular weight is 296 g/mol. The van der Waals surface area contributed by atoms with Gasteiger partial charge in [0, 0.05) is 26.7 Å². The summed E-state index contributed by atoms with van der Waals surface area (Å²) in [6.07, 6.45) is 5.38. The first-order valence-electron chi connectivity index (χ1n) is 6.98. The molecule has 0 spiro atoms. The molecular formula is C14H22ClN5. The molecule has 0 bridgehead atoms. The maximum absolute atomic E-state index is 6.44. The zero-order valence-corrected chi connectivity index (χ0v) is 13.3. The van der Waals surface area contributed by atoms with E-state index in [9.17, 15) is 0 Å². The van der Waals surface area contributed by atoms with Crippen LogP contribution in [-0.4, -0.2) is 25.9 Å². The molecule has 1 unspecified atom stereocenters. The summed E-state index contributed by atoms with van der Waals surface area (Å²) in [5.74, 6) is 0. The molecule has 1 N–H and O–H groups in total. The SMILES string of the molecule is CCNC(Cc1c(Cl)c(CC)nn1C)c1cncn1C. The minimum Gasteiger partial charge on any atom is -0.336 e. The van der Waals surface area contributed by atoms with Crippen LogP contribution in [0.15, 0.2) is 12.5 Å². The van der Waals surface area contributed by atoms with Gasteiger partial charge in [-0.2, -0.15) is 5.10 Å². The molecule has 0 radical (unpaired) electrons. The number of hydrogen-bond donors (Lipinski definition) is 1. The fourth-order valence-corrected chi connectivity index (χ4v) is 2.84. The molecule has 0 aromatic carbocycles. The Hall–Kier alpha value is -1.33. The lowest BCUT2D eigenvalue weighted by atomic mass is 10.1. The summed E-state index contributed by atoms with van der Waals surface area (Å²) in [6, 6.07) is 0.185. The van der Waals surface area contributed by atoms with Gasteiger partial charge in [-0.25, -0.2) is 4.98 Å². The minimum atomic E-state index is 0.185. The van der Waals surface area contributed by atoms with E-state index in [0.717, 1.165) is 41.5 Å². The molecule has 2 aromatic rings. The summed E-state index contributed by atoms with van der Waals surface area (Å²) in [6.45, 7) is 5.07. The minimum absolute atomic E-state index is 0.185. The molecule has 0 saturated carbocycles. The maximum Gasteiger partial charge on any atom is 0.0946 e. The summed E-state index contributed by atoms with van der Waals surface area (Å²) >= 11 is 6.44. The first kappa shape index (κ1) is 15.1. The molecule has 2 aromatic heterocycles. The van der Waals surface area contributed by atoms with E-state index < -0.39 is 0 Å². The quantitative estimate of drug-likeness (QED) is 0.889. The van der Waals surface area contributed by atoms with Crippen LogP contribution in [0, 0.1) is 0 Å². The Bertz CT molecular complexity index is 572. The van der Waals surface area contributed by atoms with E-state index in [1.165, 1.54) is 0 Å².